The van der Waals surface area contributed by atoms with Gasteiger partial charge in [-0.1, -0.05) is 22.8 Å². The van der Waals surface area contributed by atoms with E-state index in [2.05, 4.69) is 10.1 Å². The molecule has 0 radical (unpaired) electrons. The van der Waals surface area contributed by atoms with Crippen LogP contribution in [0, 0.1) is 0 Å². The second-order valence-electron chi connectivity index (χ2n) is 3.79. The zero-order valence-electron chi connectivity index (χ0n) is 10.1. The SMILES string of the molecule is O=C(Cc1nc(CSc2cccc(Cl)c2)no1)C(F)F. The van der Waals surface area contributed by atoms with Gasteiger partial charge in [-0.25, -0.2) is 8.78 Å². The summed E-state index contributed by atoms with van der Waals surface area (Å²) in [6.07, 6.45) is -3.57. The van der Waals surface area contributed by atoms with Gasteiger partial charge in [0.1, 0.15) is 0 Å². The van der Waals surface area contributed by atoms with Crippen molar-refractivity contribution in [2.45, 2.75) is 23.5 Å². The van der Waals surface area contributed by atoms with E-state index in [-0.39, 0.29) is 5.89 Å². The monoisotopic (exact) mass is 318 g/mol. The first kappa shape index (κ1) is 14.9. The quantitative estimate of drug-likeness (QED) is 0.764. The smallest absolute Gasteiger partial charge is 0.296 e. The zero-order valence-corrected chi connectivity index (χ0v) is 11.6. The molecule has 106 valence electrons. The predicted octanol–water partition coefficient (Wildman–Crippen LogP) is 3.39. The summed E-state index contributed by atoms with van der Waals surface area (Å²) >= 11 is 7.27. The summed E-state index contributed by atoms with van der Waals surface area (Å²) in [5.74, 6) is -0.598. The van der Waals surface area contributed by atoms with Gasteiger partial charge in [-0.2, -0.15) is 4.98 Å². The number of aromatic nitrogens is 2. The first-order valence-electron chi connectivity index (χ1n) is 5.55. The van der Waals surface area contributed by atoms with Crippen molar-refractivity contribution in [1.29, 1.82) is 0 Å². The summed E-state index contributed by atoms with van der Waals surface area (Å²) in [7, 11) is 0. The van der Waals surface area contributed by atoms with Gasteiger partial charge in [-0.15, -0.1) is 11.8 Å². The van der Waals surface area contributed by atoms with Crippen LogP contribution in [0.15, 0.2) is 33.7 Å². The Morgan fingerprint density at radius 1 is 1.45 bits per heavy atom. The lowest BCUT2D eigenvalue weighted by Crippen LogP contribution is -2.12. The summed E-state index contributed by atoms with van der Waals surface area (Å²) in [5.41, 5.74) is 0. The van der Waals surface area contributed by atoms with Crippen molar-refractivity contribution in [2.75, 3.05) is 0 Å². The highest BCUT2D eigenvalue weighted by Crippen LogP contribution is 2.24. The van der Waals surface area contributed by atoms with E-state index in [9.17, 15) is 13.6 Å². The minimum atomic E-state index is -3.02. The zero-order chi connectivity index (χ0) is 14.5. The standard InChI is InChI=1S/C12H9ClF2N2O2S/c13-7-2-1-3-8(4-7)20-6-10-16-11(19-17-10)5-9(18)12(14)15/h1-4,12H,5-6H2. The van der Waals surface area contributed by atoms with Crippen molar-refractivity contribution in [2.24, 2.45) is 0 Å². The molecule has 2 rings (SSSR count). The van der Waals surface area contributed by atoms with Crippen LogP contribution in [-0.4, -0.2) is 22.3 Å². The van der Waals surface area contributed by atoms with E-state index in [4.69, 9.17) is 16.1 Å². The van der Waals surface area contributed by atoms with E-state index < -0.39 is 18.6 Å². The number of Topliss-reactive ketones (excluding diaryl/α,β-unsaturated/α-hetero) is 1. The van der Waals surface area contributed by atoms with Gasteiger partial charge in [-0.05, 0) is 18.2 Å². The second-order valence-corrected chi connectivity index (χ2v) is 5.28. The lowest BCUT2D eigenvalue weighted by Gasteiger charge is -1.98. The third kappa shape index (κ3) is 4.28. The van der Waals surface area contributed by atoms with Crippen LogP contribution in [0.4, 0.5) is 8.78 Å². The number of alkyl halides is 2. The number of ketones is 1. The Morgan fingerprint density at radius 3 is 2.95 bits per heavy atom. The summed E-state index contributed by atoms with van der Waals surface area (Å²) in [6.45, 7) is 0. The molecule has 0 atom stereocenters. The molecule has 0 saturated heterocycles. The largest absolute Gasteiger partial charge is 0.339 e. The number of thioether (sulfide) groups is 1. The average molecular weight is 319 g/mol. The van der Waals surface area contributed by atoms with E-state index in [0.717, 1.165) is 4.90 Å². The van der Waals surface area contributed by atoms with Gasteiger partial charge in [0.05, 0.1) is 12.2 Å². The van der Waals surface area contributed by atoms with E-state index in [0.29, 0.717) is 16.6 Å². The van der Waals surface area contributed by atoms with Crippen molar-refractivity contribution in [3.8, 4) is 0 Å². The highest BCUT2D eigenvalue weighted by molar-refractivity contribution is 7.98. The van der Waals surface area contributed by atoms with Gasteiger partial charge in [0.25, 0.3) is 6.43 Å². The fourth-order valence-electron chi connectivity index (χ4n) is 1.35. The molecule has 2 aromatic rings. The second kappa shape index (κ2) is 6.81. The van der Waals surface area contributed by atoms with Crippen molar-refractivity contribution in [3.05, 3.63) is 41.0 Å². The molecule has 0 aliphatic rings. The highest BCUT2D eigenvalue weighted by atomic mass is 35.5. The molecule has 1 aromatic carbocycles. The molecule has 0 fully saturated rings. The van der Waals surface area contributed by atoms with Gasteiger partial charge >= 0.3 is 0 Å². The van der Waals surface area contributed by atoms with Gasteiger partial charge in [-0.3, -0.25) is 4.79 Å². The van der Waals surface area contributed by atoms with Crippen LogP contribution >= 0.6 is 23.4 Å². The Kier molecular flexibility index (Phi) is 5.08. The van der Waals surface area contributed by atoms with E-state index in [1.165, 1.54) is 11.8 Å². The maximum atomic E-state index is 12.1. The number of carbonyl (C=O) groups is 1. The first-order chi connectivity index (χ1) is 9.54. The molecule has 0 aliphatic carbocycles. The molecule has 0 aliphatic heterocycles. The molecular weight excluding hydrogens is 310 g/mol. The molecule has 0 unspecified atom stereocenters. The van der Waals surface area contributed by atoms with Crippen molar-refractivity contribution < 1.29 is 18.1 Å². The molecule has 0 saturated carbocycles. The van der Waals surface area contributed by atoms with E-state index >= 15 is 0 Å². The molecular formula is C12H9ClF2N2O2S. The lowest BCUT2D eigenvalue weighted by atomic mass is 10.3. The molecule has 0 amide bonds. The normalized spacial score (nSPS) is 11.0. The molecule has 1 aromatic heterocycles. The Morgan fingerprint density at radius 2 is 2.25 bits per heavy atom. The summed E-state index contributed by atoms with van der Waals surface area (Å²) in [6, 6.07) is 7.23. The number of hydrogen-bond donors (Lipinski definition) is 0. The Hall–Kier alpha value is -1.47. The van der Waals surface area contributed by atoms with E-state index in [1.54, 1.807) is 12.1 Å². The maximum absolute atomic E-state index is 12.1. The van der Waals surface area contributed by atoms with Crippen LogP contribution in [0.25, 0.3) is 0 Å². The lowest BCUT2D eigenvalue weighted by molar-refractivity contribution is -0.129. The Labute approximate surface area is 122 Å². The first-order valence-corrected chi connectivity index (χ1v) is 6.91. The molecule has 4 nitrogen and oxygen atoms in total. The van der Waals surface area contributed by atoms with Crippen LogP contribution in [0.3, 0.4) is 0 Å². The van der Waals surface area contributed by atoms with Crippen LogP contribution in [0.5, 0.6) is 0 Å². The number of benzene rings is 1. The number of rotatable bonds is 6. The molecule has 8 heteroatoms. The average Bonchev–Trinajstić information content (AvgIpc) is 2.84. The van der Waals surface area contributed by atoms with Gasteiger partial charge in [0.2, 0.25) is 11.7 Å². The number of carbonyl (C=O) groups excluding carboxylic acids is 1. The molecule has 1 heterocycles. The maximum Gasteiger partial charge on any atom is 0.296 e. The van der Waals surface area contributed by atoms with E-state index in [1.807, 2.05) is 12.1 Å². The molecule has 0 spiro atoms. The number of halogens is 3. The fraction of sp³-hybridized carbons (Fsp3) is 0.250. The van der Waals surface area contributed by atoms with Crippen LogP contribution in [0.1, 0.15) is 11.7 Å². The number of hydrogen-bond acceptors (Lipinski definition) is 5. The van der Waals surface area contributed by atoms with Gasteiger partial charge in [0.15, 0.2) is 5.82 Å². The third-order valence-corrected chi connectivity index (χ3v) is 3.47. The van der Waals surface area contributed by atoms with Crippen LogP contribution in [0.2, 0.25) is 5.02 Å². The minimum absolute atomic E-state index is 0.100. The fourth-order valence-corrected chi connectivity index (χ4v) is 2.40. The molecule has 0 N–H and O–H groups in total. The minimum Gasteiger partial charge on any atom is -0.339 e. The van der Waals surface area contributed by atoms with Crippen molar-refractivity contribution in [3.63, 3.8) is 0 Å². The Bertz CT molecular complexity index is 607. The van der Waals surface area contributed by atoms with Crippen molar-refractivity contribution >= 4 is 29.1 Å². The summed E-state index contributed by atoms with van der Waals surface area (Å²) < 4.78 is 28.9. The predicted molar refractivity (Wildman–Crippen MR) is 70.0 cm³/mol. The van der Waals surface area contributed by atoms with Crippen molar-refractivity contribution in [1.82, 2.24) is 10.1 Å². The topological polar surface area (TPSA) is 56.0 Å². The van der Waals surface area contributed by atoms with Crippen LogP contribution < -0.4 is 0 Å². The summed E-state index contributed by atoms with van der Waals surface area (Å²) in [5, 5.41) is 4.25. The van der Waals surface area contributed by atoms with Gasteiger partial charge < -0.3 is 4.52 Å². The highest BCUT2D eigenvalue weighted by Gasteiger charge is 2.19. The molecule has 20 heavy (non-hydrogen) atoms. The van der Waals surface area contributed by atoms with Gasteiger partial charge in [0, 0.05) is 9.92 Å². The Balaban J connectivity index is 1.91. The molecule has 0 bridgehead atoms. The summed E-state index contributed by atoms with van der Waals surface area (Å²) in [4.78, 5) is 15.6. The third-order valence-electron chi connectivity index (χ3n) is 2.24. The number of nitrogens with zero attached hydrogens (tertiary/aromatic N) is 2. The van der Waals surface area contributed by atoms with Crippen LogP contribution in [-0.2, 0) is 17.0 Å².